The maximum atomic E-state index is 5.24. The third-order valence-electron chi connectivity index (χ3n) is 0.972. The number of aromatic nitrogens is 1. The average Bonchev–Trinajstić information content (AvgIpc) is 1.88. The quantitative estimate of drug-likeness (QED) is 0.617. The molecule has 0 amide bonds. The van der Waals surface area contributed by atoms with E-state index in [1.165, 1.54) is 0 Å². The predicted molar refractivity (Wildman–Crippen MR) is 39.7 cm³/mol. The molecular formula is C8H10NO. The van der Waals surface area contributed by atoms with Gasteiger partial charge in [0.1, 0.15) is 5.75 Å². The second-order valence-electron chi connectivity index (χ2n) is 2.12. The number of pyridine rings is 1. The van der Waals surface area contributed by atoms with Crippen LogP contribution in [0.1, 0.15) is 6.92 Å². The molecule has 1 heterocycles. The lowest BCUT2D eigenvalue weighted by Gasteiger charge is -2.07. The molecule has 1 rings (SSSR count). The van der Waals surface area contributed by atoms with Crippen molar-refractivity contribution in [3.05, 3.63) is 31.5 Å². The van der Waals surface area contributed by atoms with Gasteiger partial charge in [0, 0.05) is 6.20 Å². The Bertz CT molecular complexity index is 184. The highest BCUT2D eigenvalue weighted by molar-refractivity contribution is 5.15. The highest BCUT2D eigenvalue weighted by atomic mass is 16.5. The Morgan fingerprint density at radius 1 is 1.70 bits per heavy atom. The van der Waals surface area contributed by atoms with E-state index in [9.17, 15) is 0 Å². The minimum absolute atomic E-state index is 0.0239. The molecule has 2 nitrogen and oxygen atoms in total. The Balaban J connectivity index is 2.59. The van der Waals surface area contributed by atoms with Gasteiger partial charge in [0.2, 0.25) is 0 Å². The highest BCUT2D eigenvalue weighted by Crippen LogP contribution is 2.07. The van der Waals surface area contributed by atoms with Gasteiger partial charge < -0.3 is 4.74 Å². The third-order valence-corrected chi connectivity index (χ3v) is 0.972. The van der Waals surface area contributed by atoms with Gasteiger partial charge in [-0.05, 0) is 26.0 Å². The number of hydrogen-bond acceptors (Lipinski definition) is 2. The van der Waals surface area contributed by atoms with E-state index in [-0.39, 0.29) is 6.10 Å². The molecule has 1 atom stereocenters. The first-order valence-corrected chi connectivity index (χ1v) is 3.19. The van der Waals surface area contributed by atoms with Crippen LogP contribution in [0.2, 0.25) is 0 Å². The van der Waals surface area contributed by atoms with Crippen molar-refractivity contribution in [3.63, 3.8) is 0 Å². The van der Waals surface area contributed by atoms with E-state index in [2.05, 4.69) is 11.9 Å². The van der Waals surface area contributed by atoms with Gasteiger partial charge >= 0.3 is 0 Å². The van der Waals surface area contributed by atoms with Gasteiger partial charge in [-0.1, -0.05) is 0 Å². The van der Waals surface area contributed by atoms with E-state index in [4.69, 9.17) is 4.74 Å². The molecule has 1 radical (unpaired) electrons. The topological polar surface area (TPSA) is 22.1 Å². The molecule has 1 aromatic rings. The first-order chi connectivity index (χ1) is 4.79. The van der Waals surface area contributed by atoms with Gasteiger partial charge in [0.25, 0.3) is 0 Å². The fraction of sp³-hybridized carbons (Fsp3) is 0.250. The zero-order valence-corrected chi connectivity index (χ0v) is 5.95. The van der Waals surface area contributed by atoms with Gasteiger partial charge in [-0.3, -0.25) is 4.98 Å². The van der Waals surface area contributed by atoms with Crippen LogP contribution in [0.5, 0.6) is 5.75 Å². The van der Waals surface area contributed by atoms with Crippen LogP contribution in [-0.2, 0) is 0 Å². The van der Waals surface area contributed by atoms with Crippen molar-refractivity contribution in [3.8, 4) is 5.75 Å². The van der Waals surface area contributed by atoms with E-state index >= 15 is 0 Å². The highest BCUT2D eigenvalue weighted by Gasteiger charge is 1.93. The van der Waals surface area contributed by atoms with Gasteiger partial charge in [0.15, 0.2) is 0 Å². The summed E-state index contributed by atoms with van der Waals surface area (Å²) in [6.45, 7) is 5.57. The summed E-state index contributed by atoms with van der Waals surface area (Å²) < 4.78 is 5.24. The molecule has 1 unspecified atom stereocenters. The van der Waals surface area contributed by atoms with E-state index in [0.717, 1.165) is 5.75 Å². The number of rotatable bonds is 2. The maximum absolute atomic E-state index is 5.24. The maximum Gasteiger partial charge on any atom is 0.137 e. The smallest absolute Gasteiger partial charge is 0.137 e. The Morgan fingerprint density at radius 2 is 2.50 bits per heavy atom. The Labute approximate surface area is 60.9 Å². The van der Waals surface area contributed by atoms with Crippen molar-refractivity contribution in [1.29, 1.82) is 0 Å². The number of hydrogen-bond donors (Lipinski definition) is 0. The van der Waals surface area contributed by atoms with Crippen LogP contribution in [0, 0.1) is 6.92 Å². The summed E-state index contributed by atoms with van der Waals surface area (Å²) in [5, 5.41) is 0. The van der Waals surface area contributed by atoms with Crippen molar-refractivity contribution in [2.75, 3.05) is 0 Å². The Morgan fingerprint density at radius 3 is 3.00 bits per heavy atom. The molecule has 0 saturated carbocycles. The summed E-state index contributed by atoms with van der Waals surface area (Å²) in [4.78, 5) is 3.88. The van der Waals surface area contributed by atoms with Crippen molar-refractivity contribution >= 4 is 0 Å². The molecule has 10 heavy (non-hydrogen) atoms. The fourth-order valence-corrected chi connectivity index (χ4v) is 0.649. The van der Waals surface area contributed by atoms with Crippen LogP contribution in [0.25, 0.3) is 0 Å². The SMILES string of the molecule is [CH2]C(C)Oc1cccnc1. The van der Waals surface area contributed by atoms with E-state index in [1.54, 1.807) is 12.4 Å². The van der Waals surface area contributed by atoms with Crippen LogP contribution in [0.4, 0.5) is 0 Å². The lowest BCUT2D eigenvalue weighted by atomic mass is 10.4. The molecule has 0 N–H and O–H groups in total. The van der Waals surface area contributed by atoms with Gasteiger partial charge in [-0.15, -0.1) is 0 Å². The average molecular weight is 136 g/mol. The molecule has 0 aliphatic heterocycles. The number of nitrogens with zero attached hydrogens (tertiary/aromatic N) is 1. The summed E-state index contributed by atoms with van der Waals surface area (Å²) in [6, 6.07) is 3.69. The van der Waals surface area contributed by atoms with E-state index < -0.39 is 0 Å². The van der Waals surface area contributed by atoms with E-state index in [1.807, 2.05) is 19.1 Å². The standard InChI is InChI=1S/C8H10NO/c1-7(2)10-8-4-3-5-9-6-8/h3-7H,1H2,2H3. The lowest BCUT2D eigenvalue weighted by molar-refractivity contribution is 0.266. The van der Waals surface area contributed by atoms with Crippen LogP contribution < -0.4 is 4.74 Å². The molecule has 1 aromatic heterocycles. The first-order valence-electron chi connectivity index (χ1n) is 3.19. The van der Waals surface area contributed by atoms with Gasteiger partial charge in [-0.2, -0.15) is 0 Å². The predicted octanol–water partition coefficient (Wildman–Crippen LogP) is 1.68. The second-order valence-corrected chi connectivity index (χ2v) is 2.12. The van der Waals surface area contributed by atoms with E-state index in [0.29, 0.717) is 0 Å². The molecule has 0 aliphatic rings. The lowest BCUT2D eigenvalue weighted by Crippen LogP contribution is -2.05. The second kappa shape index (κ2) is 3.20. The largest absolute Gasteiger partial charge is 0.489 e. The van der Waals surface area contributed by atoms with Crippen LogP contribution >= 0.6 is 0 Å². The first kappa shape index (κ1) is 7.06. The summed E-state index contributed by atoms with van der Waals surface area (Å²) in [5.41, 5.74) is 0. The summed E-state index contributed by atoms with van der Waals surface area (Å²) in [5.74, 6) is 0.769. The zero-order valence-electron chi connectivity index (χ0n) is 5.95. The Hall–Kier alpha value is -1.05. The molecule has 0 aromatic carbocycles. The van der Waals surface area contributed by atoms with Crippen LogP contribution in [0.15, 0.2) is 24.5 Å². The molecule has 0 bridgehead atoms. The Kier molecular flexibility index (Phi) is 2.26. The van der Waals surface area contributed by atoms with Gasteiger partial charge in [-0.25, -0.2) is 0 Å². The van der Waals surface area contributed by atoms with Crippen molar-refractivity contribution in [2.45, 2.75) is 13.0 Å². The molecule has 53 valence electrons. The van der Waals surface area contributed by atoms with Crippen LogP contribution in [-0.4, -0.2) is 11.1 Å². The minimum atomic E-state index is -0.0239. The van der Waals surface area contributed by atoms with Crippen molar-refractivity contribution < 1.29 is 4.74 Å². The summed E-state index contributed by atoms with van der Waals surface area (Å²) >= 11 is 0. The third kappa shape index (κ3) is 2.05. The minimum Gasteiger partial charge on any atom is -0.489 e. The van der Waals surface area contributed by atoms with Crippen LogP contribution in [0.3, 0.4) is 0 Å². The zero-order chi connectivity index (χ0) is 7.40. The molecule has 0 spiro atoms. The normalized spacial score (nSPS) is 9.90. The van der Waals surface area contributed by atoms with Gasteiger partial charge in [0.05, 0.1) is 12.3 Å². The molecule has 0 fully saturated rings. The summed E-state index contributed by atoms with van der Waals surface area (Å²) in [6.07, 6.45) is 3.35. The molecule has 0 aliphatic carbocycles. The molecule has 0 saturated heterocycles. The summed E-state index contributed by atoms with van der Waals surface area (Å²) in [7, 11) is 0. The number of ether oxygens (including phenoxy) is 1. The monoisotopic (exact) mass is 136 g/mol. The van der Waals surface area contributed by atoms with Crippen molar-refractivity contribution in [2.24, 2.45) is 0 Å². The van der Waals surface area contributed by atoms with Crippen molar-refractivity contribution in [1.82, 2.24) is 4.98 Å². The fourth-order valence-electron chi connectivity index (χ4n) is 0.649. The molecular weight excluding hydrogens is 126 g/mol. The molecule has 2 heteroatoms.